The van der Waals surface area contributed by atoms with Crippen LogP contribution in [-0.2, 0) is 0 Å². The fourth-order valence-electron chi connectivity index (χ4n) is 2.93. The summed E-state index contributed by atoms with van der Waals surface area (Å²) in [5, 5.41) is 7.58. The van der Waals surface area contributed by atoms with Gasteiger partial charge in [0.1, 0.15) is 5.82 Å². The number of guanidine groups is 1. The number of nitrogens with two attached hydrogens (primary N) is 2. The van der Waals surface area contributed by atoms with Gasteiger partial charge in [-0.1, -0.05) is 18.7 Å². The number of aromatic amines is 1. The minimum Gasteiger partial charge on any atom is -0.388 e. The van der Waals surface area contributed by atoms with Gasteiger partial charge in [-0.05, 0) is 42.1 Å². The van der Waals surface area contributed by atoms with E-state index in [0.717, 1.165) is 22.3 Å². The Kier molecular flexibility index (Phi) is 5.64. The van der Waals surface area contributed by atoms with Crippen LogP contribution in [0.15, 0.2) is 65.2 Å². The van der Waals surface area contributed by atoms with Gasteiger partial charge in [0.2, 0.25) is 0 Å². The SMILES string of the molecule is C=C/C(=C\N=C(N)N)c1cc2cc[nH]c(=O)c2c(Nc2ccc(C)c(NC)c2)n1. The van der Waals surface area contributed by atoms with E-state index < -0.39 is 0 Å². The second-order valence-electron chi connectivity index (χ2n) is 6.37. The van der Waals surface area contributed by atoms with Crippen molar-refractivity contribution in [2.45, 2.75) is 6.92 Å². The number of fused-ring (bicyclic) bond motifs is 1. The minimum absolute atomic E-state index is 0.0702. The molecule has 0 spiro atoms. The van der Waals surface area contributed by atoms with E-state index in [2.05, 4.69) is 32.2 Å². The Hall–Kier alpha value is -4.07. The maximum atomic E-state index is 12.5. The summed E-state index contributed by atoms with van der Waals surface area (Å²) in [5.74, 6) is 0.349. The molecule has 0 atom stereocenters. The van der Waals surface area contributed by atoms with Crippen molar-refractivity contribution in [2.24, 2.45) is 16.5 Å². The predicted molar refractivity (Wildman–Crippen MR) is 120 cm³/mol. The first-order chi connectivity index (χ1) is 13.9. The summed E-state index contributed by atoms with van der Waals surface area (Å²) in [4.78, 5) is 23.8. The molecule has 2 heterocycles. The molecular weight excluding hydrogens is 366 g/mol. The number of nitrogens with zero attached hydrogens (tertiary/aromatic N) is 2. The van der Waals surface area contributed by atoms with Crippen LogP contribution in [0.3, 0.4) is 0 Å². The highest BCUT2D eigenvalue weighted by Crippen LogP contribution is 2.28. The number of aryl methyl sites for hydroxylation is 1. The summed E-state index contributed by atoms with van der Waals surface area (Å²) in [7, 11) is 1.86. The van der Waals surface area contributed by atoms with Crippen LogP contribution in [0.5, 0.6) is 0 Å². The molecule has 3 rings (SSSR count). The average molecular weight is 389 g/mol. The molecule has 1 aromatic carbocycles. The number of hydrogen-bond donors (Lipinski definition) is 5. The largest absolute Gasteiger partial charge is 0.388 e. The van der Waals surface area contributed by atoms with Crippen molar-refractivity contribution in [3.8, 4) is 0 Å². The second-order valence-corrected chi connectivity index (χ2v) is 6.37. The van der Waals surface area contributed by atoms with Crippen LogP contribution in [0.25, 0.3) is 16.3 Å². The Morgan fingerprint density at radius 2 is 2.07 bits per heavy atom. The summed E-state index contributed by atoms with van der Waals surface area (Å²) >= 11 is 0. The highest BCUT2D eigenvalue weighted by Gasteiger charge is 2.12. The third kappa shape index (κ3) is 4.27. The van der Waals surface area contributed by atoms with Crippen molar-refractivity contribution in [1.82, 2.24) is 9.97 Å². The standard InChI is InChI=1S/C21H23N7O/c1-4-13(11-26-21(22)23)17-9-14-7-8-25-20(29)18(14)19(28-17)27-15-6-5-12(2)16(10-15)24-3/h4-11,24H,1H2,2-3H3,(H,25,29)(H,27,28)(H4,22,23,26)/b13-11+. The van der Waals surface area contributed by atoms with E-state index in [1.807, 2.05) is 38.2 Å². The van der Waals surface area contributed by atoms with Crippen molar-refractivity contribution < 1.29 is 0 Å². The summed E-state index contributed by atoms with van der Waals surface area (Å²) in [6.07, 6.45) is 4.68. The molecule has 7 N–H and O–H groups in total. The molecule has 0 fully saturated rings. The van der Waals surface area contributed by atoms with Gasteiger partial charge in [0.25, 0.3) is 5.56 Å². The molecule has 0 aliphatic carbocycles. The van der Waals surface area contributed by atoms with E-state index >= 15 is 0 Å². The first kappa shape index (κ1) is 19.7. The molecule has 0 radical (unpaired) electrons. The molecular formula is C21H23N7O. The van der Waals surface area contributed by atoms with Gasteiger partial charge >= 0.3 is 0 Å². The van der Waals surface area contributed by atoms with Crippen molar-refractivity contribution in [3.63, 3.8) is 0 Å². The predicted octanol–water partition coefficient (Wildman–Crippen LogP) is 2.82. The topological polar surface area (TPSA) is 134 Å². The molecule has 0 amide bonds. The van der Waals surface area contributed by atoms with Crippen molar-refractivity contribution in [3.05, 3.63) is 77.0 Å². The Bertz CT molecular complexity index is 1190. The Morgan fingerprint density at radius 1 is 1.28 bits per heavy atom. The van der Waals surface area contributed by atoms with Crippen LogP contribution in [0.2, 0.25) is 0 Å². The smallest absolute Gasteiger partial charge is 0.259 e. The Labute approximate surface area is 168 Å². The highest BCUT2D eigenvalue weighted by atomic mass is 16.1. The number of hydrogen-bond acceptors (Lipinski definition) is 5. The molecule has 0 unspecified atom stereocenters. The molecule has 148 valence electrons. The zero-order chi connectivity index (χ0) is 21.0. The lowest BCUT2D eigenvalue weighted by Gasteiger charge is -2.13. The van der Waals surface area contributed by atoms with Gasteiger partial charge in [0.15, 0.2) is 5.96 Å². The molecule has 8 heteroatoms. The normalized spacial score (nSPS) is 11.2. The summed E-state index contributed by atoms with van der Waals surface area (Å²) in [6, 6.07) is 9.47. The van der Waals surface area contributed by atoms with E-state index in [0.29, 0.717) is 22.5 Å². The Balaban J connectivity index is 2.19. The van der Waals surface area contributed by atoms with Crippen molar-refractivity contribution >= 4 is 39.5 Å². The molecule has 2 aromatic heterocycles. The van der Waals surface area contributed by atoms with E-state index in [1.165, 1.54) is 6.20 Å². The first-order valence-electron chi connectivity index (χ1n) is 8.92. The lowest BCUT2D eigenvalue weighted by atomic mass is 10.1. The number of aliphatic imine (C=N–C) groups is 1. The number of rotatable bonds is 6. The van der Waals surface area contributed by atoms with Crippen LogP contribution in [0.1, 0.15) is 11.3 Å². The van der Waals surface area contributed by atoms with Crippen LogP contribution in [0.4, 0.5) is 17.2 Å². The second kappa shape index (κ2) is 8.30. The fourth-order valence-corrected chi connectivity index (χ4v) is 2.93. The van der Waals surface area contributed by atoms with Crippen LogP contribution in [-0.4, -0.2) is 23.0 Å². The van der Waals surface area contributed by atoms with Crippen molar-refractivity contribution in [2.75, 3.05) is 17.7 Å². The van der Waals surface area contributed by atoms with E-state index in [9.17, 15) is 4.79 Å². The molecule has 29 heavy (non-hydrogen) atoms. The molecule has 0 aliphatic heterocycles. The van der Waals surface area contributed by atoms with Gasteiger partial charge in [-0.2, -0.15) is 0 Å². The molecule has 8 nitrogen and oxygen atoms in total. The van der Waals surface area contributed by atoms with Gasteiger partial charge in [-0.15, -0.1) is 0 Å². The van der Waals surface area contributed by atoms with Gasteiger partial charge in [0.05, 0.1) is 11.1 Å². The van der Waals surface area contributed by atoms with E-state index in [1.54, 1.807) is 18.3 Å². The lowest BCUT2D eigenvalue weighted by Crippen LogP contribution is -2.21. The molecule has 0 aliphatic rings. The Morgan fingerprint density at radius 3 is 2.76 bits per heavy atom. The monoisotopic (exact) mass is 389 g/mol. The van der Waals surface area contributed by atoms with Crippen LogP contribution >= 0.6 is 0 Å². The third-order valence-electron chi connectivity index (χ3n) is 4.39. The number of allylic oxidation sites excluding steroid dienone is 2. The van der Waals surface area contributed by atoms with Gasteiger partial charge in [-0.25, -0.2) is 9.98 Å². The van der Waals surface area contributed by atoms with Gasteiger partial charge in [0, 0.05) is 36.4 Å². The van der Waals surface area contributed by atoms with E-state index in [4.69, 9.17) is 11.5 Å². The fraction of sp³-hybridized carbons (Fsp3) is 0.0952. The maximum absolute atomic E-state index is 12.5. The number of benzene rings is 1. The number of pyridine rings is 2. The van der Waals surface area contributed by atoms with Crippen LogP contribution in [0, 0.1) is 6.92 Å². The molecule has 3 aromatic rings. The average Bonchev–Trinajstić information content (AvgIpc) is 2.69. The minimum atomic E-state index is -0.238. The highest BCUT2D eigenvalue weighted by molar-refractivity contribution is 5.95. The summed E-state index contributed by atoms with van der Waals surface area (Å²) in [6.45, 7) is 5.82. The number of anilines is 3. The van der Waals surface area contributed by atoms with Crippen molar-refractivity contribution in [1.29, 1.82) is 0 Å². The molecule has 0 bridgehead atoms. The number of nitrogens with one attached hydrogen (secondary N) is 3. The zero-order valence-electron chi connectivity index (χ0n) is 16.3. The molecule has 0 saturated carbocycles. The van der Waals surface area contributed by atoms with Gasteiger partial charge < -0.3 is 27.1 Å². The zero-order valence-corrected chi connectivity index (χ0v) is 16.3. The van der Waals surface area contributed by atoms with Gasteiger partial charge in [-0.3, -0.25) is 4.79 Å². The quantitative estimate of drug-likeness (QED) is 0.250. The summed E-state index contributed by atoms with van der Waals surface area (Å²) < 4.78 is 0. The molecule has 0 saturated heterocycles. The van der Waals surface area contributed by atoms with E-state index in [-0.39, 0.29) is 11.5 Å². The maximum Gasteiger partial charge on any atom is 0.259 e. The first-order valence-corrected chi connectivity index (χ1v) is 8.92. The lowest BCUT2D eigenvalue weighted by molar-refractivity contribution is 1.24. The summed E-state index contributed by atoms with van der Waals surface area (Å²) in [5.41, 5.74) is 14.7. The van der Waals surface area contributed by atoms with Crippen LogP contribution < -0.4 is 27.7 Å². The number of aromatic nitrogens is 2. The third-order valence-corrected chi connectivity index (χ3v) is 4.39. The number of H-pyrrole nitrogens is 1.